The third-order valence-corrected chi connectivity index (χ3v) is 2.88. The first-order chi connectivity index (χ1) is 9.15. The minimum Gasteiger partial charge on any atom is -0.376 e. The number of hydrogen-bond acceptors (Lipinski definition) is 2. The van der Waals surface area contributed by atoms with Crippen LogP contribution in [-0.4, -0.2) is 12.5 Å². The Labute approximate surface area is 113 Å². The first kappa shape index (κ1) is 13.1. The molecule has 0 saturated carbocycles. The number of para-hydroxylation sites is 1. The van der Waals surface area contributed by atoms with Gasteiger partial charge in [0.1, 0.15) is 0 Å². The maximum Gasteiger partial charge on any atom is 0.243 e. The molecule has 2 aromatic carbocycles. The fourth-order valence-corrected chi connectivity index (χ4v) is 1.91. The van der Waals surface area contributed by atoms with Gasteiger partial charge in [-0.3, -0.25) is 4.79 Å². The lowest BCUT2D eigenvalue weighted by Gasteiger charge is -2.10. The van der Waals surface area contributed by atoms with Crippen molar-refractivity contribution in [1.82, 2.24) is 0 Å². The largest absolute Gasteiger partial charge is 0.376 e. The molecular formula is C16H18N2O. The van der Waals surface area contributed by atoms with Crippen molar-refractivity contribution in [3.8, 4) is 0 Å². The molecule has 0 fully saturated rings. The molecule has 0 aliphatic carbocycles. The molecule has 0 radical (unpaired) electrons. The molecule has 0 aliphatic rings. The van der Waals surface area contributed by atoms with E-state index in [0.29, 0.717) is 0 Å². The second kappa shape index (κ2) is 6.05. The van der Waals surface area contributed by atoms with E-state index in [1.54, 1.807) is 0 Å². The van der Waals surface area contributed by atoms with E-state index >= 15 is 0 Å². The summed E-state index contributed by atoms with van der Waals surface area (Å²) >= 11 is 0. The lowest BCUT2D eigenvalue weighted by molar-refractivity contribution is -0.114. The standard InChI is InChI=1S/C16H18N2O/c1-12-8-9-15(13(2)10-12)17-11-16(19)18-14-6-4-3-5-7-14/h3-10,17H,11H2,1-2H3,(H,18,19). The number of benzene rings is 2. The summed E-state index contributed by atoms with van der Waals surface area (Å²) < 4.78 is 0. The number of hydrogen-bond donors (Lipinski definition) is 2. The van der Waals surface area contributed by atoms with E-state index in [2.05, 4.69) is 23.6 Å². The highest BCUT2D eigenvalue weighted by Gasteiger charge is 2.03. The van der Waals surface area contributed by atoms with Crippen LogP contribution in [0.1, 0.15) is 11.1 Å². The van der Waals surface area contributed by atoms with Gasteiger partial charge in [-0.25, -0.2) is 0 Å². The lowest BCUT2D eigenvalue weighted by Crippen LogP contribution is -2.22. The molecule has 2 N–H and O–H groups in total. The van der Waals surface area contributed by atoms with Crippen LogP contribution in [0.4, 0.5) is 11.4 Å². The van der Waals surface area contributed by atoms with Crippen LogP contribution in [0.2, 0.25) is 0 Å². The number of carbonyl (C=O) groups excluding carboxylic acids is 1. The number of anilines is 2. The maximum absolute atomic E-state index is 11.8. The van der Waals surface area contributed by atoms with Crippen molar-refractivity contribution in [3.05, 3.63) is 59.7 Å². The van der Waals surface area contributed by atoms with Gasteiger partial charge >= 0.3 is 0 Å². The molecule has 1 amide bonds. The summed E-state index contributed by atoms with van der Waals surface area (Å²) in [4.78, 5) is 11.8. The van der Waals surface area contributed by atoms with Crippen molar-refractivity contribution in [2.45, 2.75) is 13.8 Å². The van der Waals surface area contributed by atoms with Gasteiger partial charge in [0, 0.05) is 11.4 Å². The number of amides is 1. The number of carbonyl (C=O) groups is 1. The topological polar surface area (TPSA) is 41.1 Å². The Morgan fingerprint density at radius 2 is 1.79 bits per heavy atom. The van der Waals surface area contributed by atoms with Crippen LogP contribution in [-0.2, 0) is 4.79 Å². The third-order valence-electron chi connectivity index (χ3n) is 2.88. The van der Waals surface area contributed by atoms with Gasteiger partial charge in [0.15, 0.2) is 0 Å². The van der Waals surface area contributed by atoms with Gasteiger partial charge in [-0.05, 0) is 37.6 Å². The predicted molar refractivity (Wildman–Crippen MR) is 79.5 cm³/mol. The number of nitrogens with one attached hydrogen (secondary N) is 2. The second-order valence-electron chi connectivity index (χ2n) is 4.59. The van der Waals surface area contributed by atoms with Crippen LogP contribution in [0.15, 0.2) is 48.5 Å². The Bertz CT molecular complexity index is 564. The van der Waals surface area contributed by atoms with Crippen molar-refractivity contribution in [1.29, 1.82) is 0 Å². The summed E-state index contributed by atoms with van der Waals surface area (Å²) in [5, 5.41) is 5.99. The van der Waals surface area contributed by atoms with Gasteiger partial charge in [0.2, 0.25) is 5.91 Å². The van der Waals surface area contributed by atoms with E-state index in [-0.39, 0.29) is 12.5 Å². The third kappa shape index (κ3) is 3.85. The molecule has 98 valence electrons. The Balaban J connectivity index is 1.90. The van der Waals surface area contributed by atoms with Crippen LogP contribution >= 0.6 is 0 Å². The monoisotopic (exact) mass is 254 g/mol. The van der Waals surface area contributed by atoms with Crippen LogP contribution < -0.4 is 10.6 Å². The van der Waals surface area contributed by atoms with Gasteiger partial charge in [-0.1, -0.05) is 35.9 Å². The first-order valence-electron chi connectivity index (χ1n) is 6.31. The average Bonchev–Trinajstić information content (AvgIpc) is 2.39. The normalized spacial score (nSPS) is 10.0. The average molecular weight is 254 g/mol. The summed E-state index contributed by atoms with van der Waals surface area (Å²) in [5.74, 6) is -0.0498. The molecule has 3 nitrogen and oxygen atoms in total. The predicted octanol–water partition coefficient (Wildman–Crippen LogP) is 3.35. The van der Waals surface area contributed by atoms with Gasteiger partial charge in [0.05, 0.1) is 6.54 Å². The molecule has 0 atom stereocenters. The van der Waals surface area contributed by atoms with E-state index in [1.807, 2.05) is 49.4 Å². The fourth-order valence-electron chi connectivity index (χ4n) is 1.91. The van der Waals surface area contributed by atoms with E-state index in [9.17, 15) is 4.79 Å². The Kier molecular flexibility index (Phi) is 4.18. The summed E-state index contributed by atoms with van der Waals surface area (Å²) in [5.41, 5.74) is 4.17. The summed E-state index contributed by atoms with van der Waals surface area (Å²) in [6.45, 7) is 4.35. The van der Waals surface area contributed by atoms with Crippen LogP contribution in [0.3, 0.4) is 0 Å². The van der Waals surface area contributed by atoms with Gasteiger partial charge < -0.3 is 10.6 Å². The summed E-state index contributed by atoms with van der Waals surface area (Å²) in [7, 11) is 0. The van der Waals surface area contributed by atoms with Crippen LogP contribution in [0.5, 0.6) is 0 Å². The Morgan fingerprint density at radius 3 is 2.47 bits per heavy atom. The zero-order chi connectivity index (χ0) is 13.7. The molecule has 19 heavy (non-hydrogen) atoms. The summed E-state index contributed by atoms with van der Waals surface area (Å²) in [6, 6.07) is 15.6. The van der Waals surface area contributed by atoms with E-state index < -0.39 is 0 Å². The fraction of sp³-hybridized carbons (Fsp3) is 0.188. The Hall–Kier alpha value is -2.29. The molecule has 0 bridgehead atoms. The van der Waals surface area contributed by atoms with Gasteiger partial charge in [-0.15, -0.1) is 0 Å². The molecule has 3 heteroatoms. The number of rotatable bonds is 4. The zero-order valence-electron chi connectivity index (χ0n) is 11.2. The lowest BCUT2D eigenvalue weighted by atomic mass is 10.1. The second-order valence-corrected chi connectivity index (χ2v) is 4.59. The van der Waals surface area contributed by atoms with E-state index in [1.165, 1.54) is 5.56 Å². The van der Waals surface area contributed by atoms with Crippen LogP contribution in [0, 0.1) is 13.8 Å². The zero-order valence-corrected chi connectivity index (χ0v) is 11.2. The van der Waals surface area contributed by atoms with Gasteiger partial charge in [0.25, 0.3) is 0 Å². The molecule has 0 saturated heterocycles. The molecule has 0 aromatic heterocycles. The quantitative estimate of drug-likeness (QED) is 0.878. The highest BCUT2D eigenvalue weighted by Crippen LogP contribution is 2.15. The van der Waals surface area contributed by atoms with Crippen molar-refractivity contribution in [2.75, 3.05) is 17.2 Å². The minimum absolute atomic E-state index is 0.0498. The molecule has 0 unspecified atom stereocenters. The van der Waals surface area contributed by atoms with Crippen molar-refractivity contribution in [3.63, 3.8) is 0 Å². The maximum atomic E-state index is 11.8. The first-order valence-corrected chi connectivity index (χ1v) is 6.31. The number of aryl methyl sites for hydroxylation is 2. The summed E-state index contributed by atoms with van der Waals surface area (Å²) in [6.07, 6.45) is 0. The SMILES string of the molecule is Cc1ccc(NCC(=O)Nc2ccccc2)c(C)c1. The van der Waals surface area contributed by atoms with E-state index in [0.717, 1.165) is 16.9 Å². The van der Waals surface area contributed by atoms with Gasteiger partial charge in [-0.2, -0.15) is 0 Å². The smallest absolute Gasteiger partial charge is 0.243 e. The highest BCUT2D eigenvalue weighted by atomic mass is 16.1. The molecule has 0 aliphatic heterocycles. The van der Waals surface area contributed by atoms with Crippen molar-refractivity contribution in [2.24, 2.45) is 0 Å². The molecule has 2 aromatic rings. The molecule has 0 heterocycles. The highest BCUT2D eigenvalue weighted by molar-refractivity contribution is 5.93. The van der Waals surface area contributed by atoms with Crippen LogP contribution in [0.25, 0.3) is 0 Å². The van der Waals surface area contributed by atoms with Crippen molar-refractivity contribution >= 4 is 17.3 Å². The molecule has 0 spiro atoms. The molecule has 2 rings (SSSR count). The molecular weight excluding hydrogens is 236 g/mol. The minimum atomic E-state index is -0.0498. The van der Waals surface area contributed by atoms with Crippen molar-refractivity contribution < 1.29 is 4.79 Å². The Morgan fingerprint density at radius 1 is 1.05 bits per heavy atom. The van der Waals surface area contributed by atoms with E-state index in [4.69, 9.17) is 0 Å².